The van der Waals surface area contributed by atoms with Crippen molar-refractivity contribution in [1.82, 2.24) is 4.90 Å². The summed E-state index contributed by atoms with van der Waals surface area (Å²) in [6, 6.07) is 9.60. The molecule has 0 radical (unpaired) electrons. The van der Waals surface area contributed by atoms with Crippen molar-refractivity contribution in [3.8, 4) is 0 Å². The Hall–Kier alpha value is -1.36. The van der Waals surface area contributed by atoms with Crippen LogP contribution in [0.15, 0.2) is 30.3 Å². The zero-order chi connectivity index (χ0) is 19.2. The molecule has 146 valence electrons. The van der Waals surface area contributed by atoms with Crippen LogP contribution in [-0.4, -0.2) is 44.3 Å². The highest BCUT2D eigenvalue weighted by atomic mass is 32.2. The number of benzene rings is 1. The lowest BCUT2D eigenvalue weighted by atomic mass is 9.88. The molecule has 4 nitrogen and oxygen atoms in total. The number of hydrogen-bond acceptors (Lipinski definition) is 3. The van der Waals surface area contributed by atoms with Crippen LogP contribution in [0.5, 0.6) is 0 Å². The SMILES string of the molecule is CC(C)CCC1CCN(C(=O)C(CCS(C)(=O)=O)c2ccccc2)CC1. The third-order valence-electron chi connectivity index (χ3n) is 5.36. The first-order valence-electron chi connectivity index (χ1n) is 9.77. The Bertz CT molecular complexity index is 662. The quantitative estimate of drug-likeness (QED) is 0.689. The fraction of sp³-hybridized carbons (Fsp3) is 0.667. The Morgan fingerprint density at radius 2 is 1.73 bits per heavy atom. The maximum atomic E-state index is 13.1. The molecule has 1 fully saturated rings. The van der Waals surface area contributed by atoms with Gasteiger partial charge in [0.1, 0.15) is 9.84 Å². The fourth-order valence-corrected chi connectivity index (χ4v) is 4.35. The number of amides is 1. The van der Waals surface area contributed by atoms with Gasteiger partial charge in [-0.2, -0.15) is 0 Å². The second kappa shape index (κ2) is 9.54. The summed E-state index contributed by atoms with van der Waals surface area (Å²) in [6.45, 7) is 6.10. The van der Waals surface area contributed by atoms with Crippen molar-refractivity contribution in [1.29, 1.82) is 0 Å². The van der Waals surface area contributed by atoms with Crippen LogP contribution < -0.4 is 0 Å². The highest BCUT2D eigenvalue weighted by molar-refractivity contribution is 7.90. The lowest BCUT2D eigenvalue weighted by molar-refractivity contribution is -0.134. The van der Waals surface area contributed by atoms with Gasteiger partial charge in [0, 0.05) is 19.3 Å². The number of carbonyl (C=O) groups excluding carboxylic acids is 1. The smallest absolute Gasteiger partial charge is 0.230 e. The summed E-state index contributed by atoms with van der Waals surface area (Å²) in [5.74, 6) is 1.21. The predicted molar refractivity (Wildman–Crippen MR) is 107 cm³/mol. The average Bonchev–Trinajstić information content (AvgIpc) is 2.60. The van der Waals surface area contributed by atoms with Crippen molar-refractivity contribution in [2.75, 3.05) is 25.1 Å². The number of nitrogens with zero attached hydrogens (tertiary/aromatic N) is 1. The summed E-state index contributed by atoms with van der Waals surface area (Å²) >= 11 is 0. The molecule has 0 aliphatic carbocycles. The van der Waals surface area contributed by atoms with E-state index >= 15 is 0 Å². The van der Waals surface area contributed by atoms with Gasteiger partial charge in [-0.05, 0) is 36.7 Å². The summed E-state index contributed by atoms with van der Waals surface area (Å²) in [5.41, 5.74) is 0.920. The molecule has 0 spiro atoms. The molecule has 1 saturated heterocycles. The van der Waals surface area contributed by atoms with E-state index in [9.17, 15) is 13.2 Å². The third kappa shape index (κ3) is 6.75. The van der Waals surface area contributed by atoms with Crippen molar-refractivity contribution in [3.63, 3.8) is 0 Å². The van der Waals surface area contributed by atoms with Gasteiger partial charge in [0.05, 0.1) is 11.7 Å². The van der Waals surface area contributed by atoms with Crippen molar-refractivity contribution in [2.45, 2.75) is 51.9 Å². The summed E-state index contributed by atoms with van der Waals surface area (Å²) in [6.07, 6.45) is 6.21. The number of piperidine rings is 1. The molecule has 1 atom stereocenters. The van der Waals surface area contributed by atoms with Gasteiger partial charge in [-0.25, -0.2) is 8.42 Å². The molecule has 1 unspecified atom stereocenters. The van der Waals surface area contributed by atoms with Crippen LogP contribution in [0, 0.1) is 11.8 Å². The van der Waals surface area contributed by atoms with Crippen LogP contribution in [0.25, 0.3) is 0 Å². The second-order valence-electron chi connectivity index (χ2n) is 8.12. The molecular formula is C21H33NO3S. The van der Waals surface area contributed by atoms with Crippen LogP contribution in [0.4, 0.5) is 0 Å². The van der Waals surface area contributed by atoms with E-state index < -0.39 is 9.84 Å². The highest BCUT2D eigenvalue weighted by Crippen LogP contribution is 2.28. The number of hydrogen-bond donors (Lipinski definition) is 0. The zero-order valence-corrected chi connectivity index (χ0v) is 17.2. The van der Waals surface area contributed by atoms with Gasteiger partial charge in [0.15, 0.2) is 0 Å². The normalized spacial score (nSPS) is 17.5. The zero-order valence-electron chi connectivity index (χ0n) is 16.4. The number of likely N-dealkylation sites (tertiary alicyclic amines) is 1. The number of carbonyl (C=O) groups is 1. The van der Waals surface area contributed by atoms with Crippen molar-refractivity contribution < 1.29 is 13.2 Å². The third-order valence-corrected chi connectivity index (χ3v) is 6.33. The number of sulfone groups is 1. The second-order valence-corrected chi connectivity index (χ2v) is 10.4. The lowest BCUT2D eigenvalue weighted by Crippen LogP contribution is -2.41. The Kier molecular flexibility index (Phi) is 7.69. The maximum absolute atomic E-state index is 13.1. The molecule has 1 aromatic carbocycles. The fourth-order valence-electron chi connectivity index (χ4n) is 3.68. The largest absolute Gasteiger partial charge is 0.342 e. The van der Waals surface area contributed by atoms with Crippen LogP contribution in [-0.2, 0) is 14.6 Å². The Balaban J connectivity index is 2.00. The molecule has 0 saturated carbocycles. The van der Waals surface area contributed by atoms with Gasteiger partial charge in [-0.3, -0.25) is 4.79 Å². The molecule has 0 N–H and O–H groups in total. The van der Waals surface area contributed by atoms with E-state index in [0.717, 1.165) is 37.4 Å². The van der Waals surface area contributed by atoms with Gasteiger partial charge in [-0.1, -0.05) is 57.0 Å². The first-order valence-corrected chi connectivity index (χ1v) is 11.8. The van der Waals surface area contributed by atoms with Gasteiger partial charge in [-0.15, -0.1) is 0 Å². The molecule has 0 aromatic heterocycles. The summed E-state index contributed by atoms with van der Waals surface area (Å²) in [7, 11) is -3.09. The maximum Gasteiger partial charge on any atom is 0.230 e. The standard InChI is InChI=1S/C21H33NO3S/c1-17(2)9-10-18-11-14-22(15-12-18)21(23)20(13-16-26(3,24)25)19-7-5-4-6-8-19/h4-8,17-18,20H,9-16H2,1-3H3. The van der Waals surface area contributed by atoms with E-state index in [0.29, 0.717) is 12.3 Å². The predicted octanol–water partition coefficient (Wildman–Crippen LogP) is 3.88. The van der Waals surface area contributed by atoms with Crippen molar-refractivity contribution in [3.05, 3.63) is 35.9 Å². The summed E-state index contributed by atoms with van der Waals surface area (Å²) in [4.78, 5) is 15.1. The van der Waals surface area contributed by atoms with Gasteiger partial charge in [0.2, 0.25) is 5.91 Å². The Labute approximate surface area is 158 Å². The van der Waals surface area contributed by atoms with Gasteiger partial charge < -0.3 is 4.90 Å². The minimum absolute atomic E-state index is 0.0448. The molecule has 2 rings (SSSR count). The Morgan fingerprint density at radius 3 is 2.27 bits per heavy atom. The average molecular weight is 380 g/mol. The van der Waals surface area contributed by atoms with Crippen LogP contribution in [0.3, 0.4) is 0 Å². The molecule has 1 heterocycles. The molecule has 1 aromatic rings. The lowest BCUT2D eigenvalue weighted by Gasteiger charge is -2.34. The van der Waals surface area contributed by atoms with Crippen molar-refractivity contribution in [2.24, 2.45) is 11.8 Å². The molecule has 1 amide bonds. The van der Waals surface area contributed by atoms with Gasteiger partial charge >= 0.3 is 0 Å². The molecular weight excluding hydrogens is 346 g/mol. The van der Waals surface area contributed by atoms with Gasteiger partial charge in [0.25, 0.3) is 0 Å². The molecule has 0 bridgehead atoms. The van der Waals surface area contributed by atoms with Crippen LogP contribution >= 0.6 is 0 Å². The summed E-state index contributed by atoms with van der Waals surface area (Å²) in [5, 5.41) is 0. The van der Waals surface area contributed by atoms with Crippen LogP contribution in [0.1, 0.15) is 57.4 Å². The minimum Gasteiger partial charge on any atom is -0.342 e. The first-order chi connectivity index (χ1) is 12.3. The first kappa shape index (κ1) is 20.9. The van der Waals surface area contributed by atoms with Crippen LogP contribution in [0.2, 0.25) is 0 Å². The molecule has 1 aliphatic heterocycles. The summed E-state index contributed by atoms with van der Waals surface area (Å²) < 4.78 is 23.2. The van der Waals surface area contributed by atoms with E-state index in [2.05, 4.69) is 13.8 Å². The van der Waals surface area contributed by atoms with E-state index in [4.69, 9.17) is 0 Å². The number of rotatable bonds is 8. The highest BCUT2D eigenvalue weighted by Gasteiger charge is 2.29. The minimum atomic E-state index is -3.09. The van der Waals surface area contributed by atoms with E-state index in [1.165, 1.54) is 19.1 Å². The molecule has 26 heavy (non-hydrogen) atoms. The monoisotopic (exact) mass is 379 g/mol. The molecule has 1 aliphatic rings. The Morgan fingerprint density at radius 1 is 1.12 bits per heavy atom. The van der Waals surface area contributed by atoms with E-state index in [1.54, 1.807) is 0 Å². The molecule has 5 heteroatoms. The topological polar surface area (TPSA) is 54.5 Å². The van der Waals surface area contributed by atoms with E-state index in [-0.39, 0.29) is 17.6 Å². The van der Waals surface area contributed by atoms with E-state index in [1.807, 2.05) is 35.2 Å². The van der Waals surface area contributed by atoms with Crippen molar-refractivity contribution >= 4 is 15.7 Å².